The molecule has 0 saturated carbocycles. The predicted octanol–water partition coefficient (Wildman–Crippen LogP) is 1.05. The van der Waals surface area contributed by atoms with Crippen LogP contribution in [0.1, 0.15) is 26.7 Å². The predicted molar refractivity (Wildman–Crippen MR) is 42.9 cm³/mol. The van der Waals surface area contributed by atoms with Crippen molar-refractivity contribution in [3.05, 3.63) is 0 Å². The molecule has 1 atom stereocenters. The van der Waals surface area contributed by atoms with Crippen LogP contribution in [0.25, 0.3) is 0 Å². The van der Waals surface area contributed by atoms with Crippen LogP contribution in [-0.2, 0) is 0 Å². The maximum atomic E-state index is 4.50. The highest BCUT2D eigenvalue weighted by Crippen LogP contribution is 2.10. The standard InChI is InChI=1S/C8H17N2/c1-3-10(4-2)8-6-5-7-9-8/h8H,3-7H2,1-2H3. The minimum absolute atomic E-state index is 0.551. The van der Waals surface area contributed by atoms with Crippen molar-refractivity contribution in [1.29, 1.82) is 0 Å². The molecule has 0 aromatic carbocycles. The van der Waals surface area contributed by atoms with Crippen LogP contribution in [0.15, 0.2) is 0 Å². The van der Waals surface area contributed by atoms with E-state index in [1.54, 1.807) is 0 Å². The molecule has 2 heteroatoms. The zero-order valence-electron chi connectivity index (χ0n) is 7.01. The third-order valence-electron chi connectivity index (χ3n) is 2.19. The van der Waals surface area contributed by atoms with Gasteiger partial charge in [-0.05, 0) is 25.9 Å². The van der Waals surface area contributed by atoms with Crippen molar-refractivity contribution in [3.8, 4) is 0 Å². The second-order valence-electron chi connectivity index (χ2n) is 2.75. The van der Waals surface area contributed by atoms with Crippen LogP contribution < -0.4 is 5.32 Å². The average Bonchev–Trinajstić information content (AvgIpc) is 2.43. The molecule has 0 aliphatic carbocycles. The van der Waals surface area contributed by atoms with Gasteiger partial charge in [0.05, 0.1) is 6.17 Å². The Kier molecular flexibility index (Phi) is 3.16. The lowest BCUT2D eigenvalue weighted by Gasteiger charge is -2.24. The topological polar surface area (TPSA) is 17.3 Å². The van der Waals surface area contributed by atoms with E-state index in [0.717, 1.165) is 19.6 Å². The average molecular weight is 141 g/mol. The van der Waals surface area contributed by atoms with Gasteiger partial charge in [0, 0.05) is 6.54 Å². The summed E-state index contributed by atoms with van der Waals surface area (Å²) < 4.78 is 0. The third-order valence-corrected chi connectivity index (χ3v) is 2.19. The van der Waals surface area contributed by atoms with Gasteiger partial charge in [-0.1, -0.05) is 13.8 Å². The van der Waals surface area contributed by atoms with Crippen molar-refractivity contribution < 1.29 is 0 Å². The van der Waals surface area contributed by atoms with E-state index in [0.29, 0.717) is 6.17 Å². The summed E-state index contributed by atoms with van der Waals surface area (Å²) in [6.45, 7) is 7.78. The van der Waals surface area contributed by atoms with E-state index >= 15 is 0 Å². The van der Waals surface area contributed by atoms with Gasteiger partial charge >= 0.3 is 0 Å². The molecule has 2 nitrogen and oxygen atoms in total. The monoisotopic (exact) mass is 141 g/mol. The molecule has 1 aliphatic rings. The third kappa shape index (κ3) is 1.70. The minimum atomic E-state index is 0.551. The Hall–Kier alpha value is -0.0800. The van der Waals surface area contributed by atoms with E-state index in [-0.39, 0.29) is 0 Å². The Bertz CT molecular complexity index is 83.3. The summed E-state index contributed by atoms with van der Waals surface area (Å²) in [5, 5.41) is 4.50. The molecule has 1 radical (unpaired) electrons. The molecule has 1 aliphatic heterocycles. The van der Waals surface area contributed by atoms with E-state index in [9.17, 15) is 0 Å². The highest BCUT2D eigenvalue weighted by atomic mass is 15.3. The summed E-state index contributed by atoms with van der Waals surface area (Å²) in [5.74, 6) is 0. The summed E-state index contributed by atoms with van der Waals surface area (Å²) in [5.41, 5.74) is 0. The fourth-order valence-corrected chi connectivity index (χ4v) is 1.55. The molecule has 1 heterocycles. The summed E-state index contributed by atoms with van der Waals surface area (Å²) in [6, 6.07) is 0. The van der Waals surface area contributed by atoms with Gasteiger partial charge in [-0.2, -0.15) is 0 Å². The van der Waals surface area contributed by atoms with Gasteiger partial charge in [-0.25, -0.2) is 5.32 Å². The first-order valence-electron chi connectivity index (χ1n) is 4.29. The van der Waals surface area contributed by atoms with Crippen molar-refractivity contribution in [2.45, 2.75) is 32.9 Å². The van der Waals surface area contributed by atoms with E-state index in [2.05, 4.69) is 24.1 Å². The highest BCUT2D eigenvalue weighted by molar-refractivity contribution is 4.73. The van der Waals surface area contributed by atoms with Crippen LogP contribution in [0, 0.1) is 0 Å². The van der Waals surface area contributed by atoms with E-state index < -0.39 is 0 Å². The van der Waals surface area contributed by atoms with Crippen molar-refractivity contribution in [2.24, 2.45) is 0 Å². The molecule has 0 N–H and O–H groups in total. The molecular weight excluding hydrogens is 124 g/mol. The molecule has 1 saturated heterocycles. The van der Waals surface area contributed by atoms with Crippen molar-refractivity contribution in [2.75, 3.05) is 19.6 Å². The number of hydrogen-bond acceptors (Lipinski definition) is 1. The maximum Gasteiger partial charge on any atom is 0.0761 e. The van der Waals surface area contributed by atoms with E-state index in [1.807, 2.05) is 0 Å². The first kappa shape index (κ1) is 8.02. The van der Waals surface area contributed by atoms with Gasteiger partial charge in [0.2, 0.25) is 0 Å². The van der Waals surface area contributed by atoms with Gasteiger partial charge in [0.1, 0.15) is 0 Å². The maximum absolute atomic E-state index is 4.50. The van der Waals surface area contributed by atoms with Gasteiger partial charge in [-0.15, -0.1) is 0 Å². The Morgan fingerprint density at radius 3 is 2.50 bits per heavy atom. The van der Waals surface area contributed by atoms with Gasteiger partial charge in [0.25, 0.3) is 0 Å². The molecule has 0 aromatic rings. The lowest BCUT2D eigenvalue weighted by atomic mass is 10.3. The van der Waals surface area contributed by atoms with Crippen LogP contribution >= 0.6 is 0 Å². The largest absolute Gasteiger partial charge is 0.287 e. The Morgan fingerprint density at radius 2 is 2.10 bits per heavy atom. The van der Waals surface area contributed by atoms with Gasteiger partial charge in [0.15, 0.2) is 0 Å². The fraction of sp³-hybridized carbons (Fsp3) is 1.00. The van der Waals surface area contributed by atoms with E-state index in [1.165, 1.54) is 12.8 Å². The second kappa shape index (κ2) is 3.94. The van der Waals surface area contributed by atoms with Gasteiger partial charge in [-0.3, -0.25) is 4.90 Å². The lowest BCUT2D eigenvalue weighted by Crippen LogP contribution is -2.38. The SMILES string of the molecule is CCN(CC)C1CCC[N]1. The molecule has 0 bridgehead atoms. The summed E-state index contributed by atoms with van der Waals surface area (Å²) in [6.07, 6.45) is 3.12. The number of hydrogen-bond donors (Lipinski definition) is 0. The molecule has 1 fully saturated rings. The summed E-state index contributed by atoms with van der Waals surface area (Å²) >= 11 is 0. The quantitative estimate of drug-likeness (QED) is 0.574. The molecular formula is C8H17N2. The zero-order valence-corrected chi connectivity index (χ0v) is 7.01. The van der Waals surface area contributed by atoms with Crippen molar-refractivity contribution >= 4 is 0 Å². The molecule has 0 aromatic heterocycles. The Labute approximate surface area is 63.6 Å². The Balaban J connectivity index is 2.29. The minimum Gasteiger partial charge on any atom is -0.287 e. The van der Waals surface area contributed by atoms with Crippen LogP contribution in [0.4, 0.5) is 0 Å². The zero-order chi connectivity index (χ0) is 7.40. The molecule has 1 rings (SSSR count). The van der Waals surface area contributed by atoms with Crippen molar-refractivity contribution in [1.82, 2.24) is 10.2 Å². The highest BCUT2D eigenvalue weighted by Gasteiger charge is 2.19. The molecule has 10 heavy (non-hydrogen) atoms. The van der Waals surface area contributed by atoms with E-state index in [4.69, 9.17) is 0 Å². The summed E-state index contributed by atoms with van der Waals surface area (Å²) in [7, 11) is 0. The van der Waals surface area contributed by atoms with Crippen LogP contribution in [0.2, 0.25) is 0 Å². The van der Waals surface area contributed by atoms with Crippen LogP contribution in [0.3, 0.4) is 0 Å². The molecule has 1 unspecified atom stereocenters. The lowest BCUT2D eigenvalue weighted by molar-refractivity contribution is 0.198. The Morgan fingerprint density at radius 1 is 1.40 bits per heavy atom. The molecule has 0 amide bonds. The molecule has 59 valence electrons. The normalized spacial score (nSPS) is 26.1. The second-order valence-corrected chi connectivity index (χ2v) is 2.75. The van der Waals surface area contributed by atoms with Gasteiger partial charge < -0.3 is 0 Å². The summed E-state index contributed by atoms with van der Waals surface area (Å²) in [4.78, 5) is 2.42. The number of nitrogens with zero attached hydrogens (tertiary/aromatic N) is 2. The fourth-order valence-electron chi connectivity index (χ4n) is 1.55. The number of rotatable bonds is 3. The van der Waals surface area contributed by atoms with Crippen molar-refractivity contribution in [3.63, 3.8) is 0 Å². The first-order chi connectivity index (χ1) is 4.88. The van der Waals surface area contributed by atoms with Crippen LogP contribution in [0.5, 0.6) is 0 Å². The first-order valence-corrected chi connectivity index (χ1v) is 4.29. The van der Waals surface area contributed by atoms with Crippen LogP contribution in [-0.4, -0.2) is 30.7 Å². The molecule has 0 spiro atoms. The smallest absolute Gasteiger partial charge is 0.0761 e.